The van der Waals surface area contributed by atoms with Crippen LogP contribution in [0.1, 0.15) is 11.1 Å². The quantitative estimate of drug-likeness (QED) is 0.533. The average molecular weight is 513 g/mol. The molecule has 0 unspecified atom stereocenters. The zero-order valence-corrected chi connectivity index (χ0v) is 19.3. The lowest BCUT2D eigenvalue weighted by molar-refractivity contribution is -0.137. The van der Waals surface area contributed by atoms with E-state index in [1.165, 1.54) is 47.8 Å². The van der Waals surface area contributed by atoms with Crippen molar-refractivity contribution in [1.29, 1.82) is 0 Å². The van der Waals surface area contributed by atoms with Gasteiger partial charge in [-0.15, -0.1) is 0 Å². The molecule has 7 nitrogen and oxygen atoms in total. The number of alkyl halides is 3. The van der Waals surface area contributed by atoms with Crippen LogP contribution in [0.3, 0.4) is 0 Å². The molecule has 0 aliphatic carbocycles. The summed E-state index contributed by atoms with van der Waals surface area (Å²) < 4.78 is 99.2. The first-order valence-corrected chi connectivity index (χ1v) is 12.8. The number of fused-ring (bicyclic) bond motifs is 1. The maximum atomic E-state index is 13.2. The van der Waals surface area contributed by atoms with E-state index in [4.69, 9.17) is 4.74 Å². The zero-order valence-electron chi connectivity index (χ0n) is 17.7. The van der Waals surface area contributed by atoms with Crippen LogP contribution in [0.15, 0.2) is 76.5 Å². The predicted molar refractivity (Wildman–Crippen MR) is 120 cm³/mol. The van der Waals surface area contributed by atoms with Gasteiger partial charge in [-0.25, -0.2) is 16.8 Å². The summed E-state index contributed by atoms with van der Waals surface area (Å²) in [6.45, 7) is 0.160. The van der Waals surface area contributed by atoms with E-state index < -0.39 is 36.7 Å². The fraction of sp³-hybridized carbons (Fsp3) is 0.182. The van der Waals surface area contributed by atoms with Crippen molar-refractivity contribution in [3.63, 3.8) is 0 Å². The third kappa shape index (κ3) is 4.55. The Kier molecular flexibility index (Phi) is 5.98. The molecule has 0 atom stereocenters. The third-order valence-electron chi connectivity index (χ3n) is 5.31. The molecule has 3 aromatic rings. The molecule has 1 aliphatic rings. The molecular formula is C22H19F3N2O5S2. The Hall–Kier alpha value is -3.25. The van der Waals surface area contributed by atoms with Crippen LogP contribution in [0.5, 0.6) is 5.75 Å². The highest BCUT2D eigenvalue weighted by Gasteiger charge is 2.33. The summed E-state index contributed by atoms with van der Waals surface area (Å²) >= 11 is 0. The van der Waals surface area contributed by atoms with Crippen molar-refractivity contribution < 1.29 is 34.7 Å². The summed E-state index contributed by atoms with van der Waals surface area (Å²) in [4.78, 5) is -0.526. The Morgan fingerprint density at radius 3 is 2.26 bits per heavy atom. The fourth-order valence-corrected chi connectivity index (χ4v) is 6.18. The molecule has 3 aromatic carbocycles. The van der Waals surface area contributed by atoms with Crippen molar-refractivity contribution in [1.82, 2.24) is 0 Å². The SMILES string of the molecule is COc1ccc(S(=O)(=O)N2CCc3ccc(NS(=O)(=O)c4cccc(C(F)(F)F)c4)cc32)cc1. The van der Waals surface area contributed by atoms with E-state index in [-0.39, 0.29) is 17.1 Å². The summed E-state index contributed by atoms with van der Waals surface area (Å²) in [6.07, 6.45) is -4.28. The van der Waals surface area contributed by atoms with Crippen molar-refractivity contribution in [2.45, 2.75) is 22.4 Å². The highest BCUT2D eigenvalue weighted by atomic mass is 32.2. The summed E-state index contributed by atoms with van der Waals surface area (Å²) in [7, 11) is -6.83. The second kappa shape index (κ2) is 8.51. The molecule has 0 amide bonds. The lowest BCUT2D eigenvalue weighted by Gasteiger charge is -2.20. The Balaban J connectivity index is 1.65. The molecule has 0 bridgehead atoms. The van der Waals surface area contributed by atoms with Gasteiger partial charge in [-0.3, -0.25) is 9.03 Å². The molecule has 12 heteroatoms. The first-order chi connectivity index (χ1) is 15.9. The fourth-order valence-electron chi connectivity index (χ4n) is 3.59. The van der Waals surface area contributed by atoms with E-state index in [1.54, 1.807) is 6.07 Å². The molecule has 180 valence electrons. The number of nitrogens with zero attached hydrogens (tertiary/aromatic N) is 1. The van der Waals surface area contributed by atoms with Crippen molar-refractivity contribution in [3.8, 4) is 5.75 Å². The number of hydrogen-bond donors (Lipinski definition) is 1. The minimum atomic E-state index is -4.70. The summed E-state index contributed by atoms with van der Waals surface area (Å²) in [5.74, 6) is 0.493. The van der Waals surface area contributed by atoms with E-state index in [2.05, 4.69) is 4.72 Å². The minimum absolute atomic E-state index is 0.0213. The van der Waals surface area contributed by atoms with Crippen molar-refractivity contribution in [3.05, 3.63) is 77.9 Å². The largest absolute Gasteiger partial charge is 0.497 e. The van der Waals surface area contributed by atoms with E-state index in [0.717, 1.165) is 18.2 Å². The molecule has 34 heavy (non-hydrogen) atoms. The first kappa shape index (κ1) is 23.9. The number of sulfonamides is 2. The number of methoxy groups -OCH3 is 1. The lowest BCUT2D eigenvalue weighted by atomic mass is 10.1. The van der Waals surface area contributed by atoms with Gasteiger partial charge in [0, 0.05) is 6.54 Å². The van der Waals surface area contributed by atoms with Gasteiger partial charge < -0.3 is 4.74 Å². The van der Waals surface area contributed by atoms with Gasteiger partial charge in [0.2, 0.25) is 0 Å². The normalized spacial score (nSPS) is 14.1. The number of anilines is 2. The average Bonchev–Trinajstić information content (AvgIpc) is 3.22. The minimum Gasteiger partial charge on any atom is -0.497 e. The maximum Gasteiger partial charge on any atom is 0.416 e. The Morgan fingerprint density at radius 1 is 0.912 bits per heavy atom. The molecule has 0 spiro atoms. The summed E-state index contributed by atoms with van der Waals surface area (Å²) in [5, 5.41) is 0. The number of nitrogens with one attached hydrogen (secondary N) is 1. The van der Waals surface area contributed by atoms with Crippen molar-refractivity contribution >= 4 is 31.4 Å². The van der Waals surface area contributed by atoms with Crippen LogP contribution in [0.4, 0.5) is 24.5 Å². The number of rotatable bonds is 6. The topological polar surface area (TPSA) is 92.8 Å². The van der Waals surface area contributed by atoms with Crippen LogP contribution in [0, 0.1) is 0 Å². The first-order valence-electron chi connectivity index (χ1n) is 9.92. The number of benzene rings is 3. The molecule has 4 rings (SSSR count). The van der Waals surface area contributed by atoms with Crippen LogP contribution in [-0.4, -0.2) is 30.5 Å². The van der Waals surface area contributed by atoms with Gasteiger partial charge in [-0.2, -0.15) is 13.2 Å². The molecule has 1 N–H and O–H groups in total. The zero-order chi connectivity index (χ0) is 24.7. The van der Waals surface area contributed by atoms with Crippen LogP contribution in [-0.2, 0) is 32.6 Å². The lowest BCUT2D eigenvalue weighted by Crippen LogP contribution is -2.29. The van der Waals surface area contributed by atoms with Gasteiger partial charge in [-0.1, -0.05) is 12.1 Å². The van der Waals surface area contributed by atoms with Crippen molar-refractivity contribution in [2.24, 2.45) is 0 Å². The van der Waals surface area contributed by atoms with Crippen LogP contribution < -0.4 is 13.8 Å². The predicted octanol–water partition coefficient (Wildman–Crippen LogP) is 4.27. The summed E-state index contributed by atoms with van der Waals surface area (Å²) in [5.41, 5.74) is -0.0896. The second-order valence-electron chi connectivity index (χ2n) is 7.48. The molecule has 0 saturated heterocycles. The third-order valence-corrected chi connectivity index (χ3v) is 8.52. The molecule has 0 fully saturated rings. The van der Waals surface area contributed by atoms with E-state index in [0.29, 0.717) is 29.5 Å². The molecule has 0 saturated carbocycles. The molecule has 0 aromatic heterocycles. The standard InChI is InChI=1S/C22H19F3N2O5S2/c1-32-18-7-9-19(10-8-18)34(30,31)27-12-11-15-5-6-17(14-21(15)27)26-33(28,29)20-4-2-3-16(13-20)22(23,24)25/h2-10,13-14,26H,11-12H2,1H3. The van der Waals surface area contributed by atoms with Gasteiger partial charge in [0.15, 0.2) is 0 Å². The second-order valence-corrected chi connectivity index (χ2v) is 11.0. The van der Waals surface area contributed by atoms with Gasteiger partial charge >= 0.3 is 6.18 Å². The number of hydrogen-bond acceptors (Lipinski definition) is 5. The summed E-state index contributed by atoms with van der Waals surface area (Å²) in [6, 6.07) is 13.6. The Morgan fingerprint density at radius 2 is 1.62 bits per heavy atom. The van der Waals surface area contributed by atoms with E-state index >= 15 is 0 Å². The van der Waals surface area contributed by atoms with Gasteiger partial charge in [0.05, 0.1) is 33.8 Å². The highest BCUT2D eigenvalue weighted by molar-refractivity contribution is 7.93. The van der Waals surface area contributed by atoms with E-state index in [9.17, 15) is 30.0 Å². The van der Waals surface area contributed by atoms with Crippen LogP contribution in [0.25, 0.3) is 0 Å². The maximum absolute atomic E-state index is 13.2. The number of halogens is 3. The van der Waals surface area contributed by atoms with Gasteiger partial charge in [0.1, 0.15) is 5.75 Å². The molecule has 1 aliphatic heterocycles. The van der Waals surface area contributed by atoms with Crippen LogP contribution >= 0.6 is 0 Å². The molecular weight excluding hydrogens is 493 g/mol. The smallest absolute Gasteiger partial charge is 0.416 e. The molecule has 1 heterocycles. The number of ether oxygens (including phenoxy) is 1. The molecule has 0 radical (unpaired) electrons. The van der Waals surface area contributed by atoms with Crippen molar-refractivity contribution in [2.75, 3.05) is 22.7 Å². The van der Waals surface area contributed by atoms with Gasteiger partial charge in [-0.05, 0) is 66.6 Å². The van der Waals surface area contributed by atoms with E-state index in [1.807, 2.05) is 0 Å². The van der Waals surface area contributed by atoms with Crippen LogP contribution in [0.2, 0.25) is 0 Å². The Labute approximate surface area is 194 Å². The van der Waals surface area contributed by atoms with Gasteiger partial charge in [0.25, 0.3) is 20.0 Å². The highest BCUT2D eigenvalue weighted by Crippen LogP contribution is 2.36. The monoisotopic (exact) mass is 512 g/mol. The Bertz CT molecular complexity index is 1440.